The summed E-state index contributed by atoms with van der Waals surface area (Å²) < 4.78 is 11.2. The number of hydrogen-bond acceptors (Lipinski definition) is 8. The van der Waals surface area contributed by atoms with Crippen LogP contribution in [0.5, 0.6) is 0 Å². The molecule has 9 nitrogen and oxygen atoms in total. The third-order valence-electron chi connectivity index (χ3n) is 13.4. The van der Waals surface area contributed by atoms with Crippen LogP contribution in [0.1, 0.15) is 264 Å². The van der Waals surface area contributed by atoms with Gasteiger partial charge in [-0.2, -0.15) is 0 Å². The van der Waals surface area contributed by atoms with Crippen LogP contribution in [0.3, 0.4) is 0 Å². The lowest BCUT2D eigenvalue weighted by Crippen LogP contribution is -2.60. The van der Waals surface area contributed by atoms with Gasteiger partial charge in [0, 0.05) is 6.42 Å². The van der Waals surface area contributed by atoms with Crippen LogP contribution in [0.25, 0.3) is 0 Å². The maximum absolute atomic E-state index is 13.0. The van der Waals surface area contributed by atoms with Gasteiger partial charge in [0.25, 0.3) is 0 Å². The summed E-state index contributed by atoms with van der Waals surface area (Å²) in [4.78, 5) is 13.0. The van der Waals surface area contributed by atoms with E-state index in [0.717, 1.165) is 57.8 Å². The SMILES string of the molecule is CCCCCCCCCCC/C=C\CCCCCCCC(=O)NC(COC1OC(CO)C(O)C(O)C1O)C(O)/C=C/CC/C=C/CCCCCCCCCCCCCCCCCCCCC. The number of nitrogens with one attached hydrogen (secondary N) is 1. The second-order valence-electron chi connectivity index (χ2n) is 19.7. The standard InChI is InChI=1S/C57H107NO8/c1-3-5-7-9-11-13-15-17-19-21-23-24-25-26-27-28-29-30-32-34-36-38-40-42-44-46-51(60)50(49-65-57-56(64)55(63)54(62)52(48-59)66-57)58-53(61)47-45-43-41-39-37-35-33-31-22-20-18-16-14-12-10-8-6-4-2/h31,33,36,38,44,46,50-52,54-57,59-60,62-64H,3-30,32,34-35,37,39-43,45,47-49H2,1-2H3,(H,58,61)/b33-31-,38-36+,46-44+. The van der Waals surface area contributed by atoms with Crippen molar-refractivity contribution in [2.45, 2.75) is 307 Å². The molecule has 7 atom stereocenters. The zero-order valence-corrected chi connectivity index (χ0v) is 43.0. The van der Waals surface area contributed by atoms with E-state index in [2.05, 4.69) is 43.5 Å². The van der Waals surface area contributed by atoms with Crippen LogP contribution >= 0.6 is 0 Å². The number of carbonyl (C=O) groups excluding carboxylic acids is 1. The minimum Gasteiger partial charge on any atom is -0.394 e. The monoisotopic (exact) mass is 934 g/mol. The molecular weight excluding hydrogens is 827 g/mol. The summed E-state index contributed by atoms with van der Waals surface area (Å²) in [5.74, 6) is -0.193. The van der Waals surface area contributed by atoms with Crippen molar-refractivity contribution in [2.75, 3.05) is 13.2 Å². The summed E-state index contributed by atoms with van der Waals surface area (Å²) in [6.45, 7) is 3.78. The molecule has 388 valence electrons. The van der Waals surface area contributed by atoms with E-state index in [1.807, 2.05) is 6.08 Å². The number of allylic oxidation sites excluding steroid dienone is 5. The van der Waals surface area contributed by atoms with Gasteiger partial charge >= 0.3 is 0 Å². The molecule has 1 aliphatic heterocycles. The summed E-state index contributed by atoms with van der Waals surface area (Å²) in [5.41, 5.74) is 0. The Balaban J connectivity index is 2.27. The van der Waals surface area contributed by atoms with Crippen molar-refractivity contribution in [3.05, 3.63) is 36.5 Å². The minimum absolute atomic E-state index is 0.193. The highest BCUT2D eigenvalue weighted by molar-refractivity contribution is 5.76. The number of rotatable bonds is 48. The lowest BCUT2D eigenvalue weighted by atomic mass is 9.99. The molecule has 0 bridgehead atoms. The lowest BCUT2D eigenvalue weighted by Gasteiger charge is -2.40. The highest BCUT2D eigenvalue weighted by atomic mass is 16.7. The van der Waals surface area contributed by atoms with E-state index in [1.165, 1.54) is 186 Å². The first-order valence-corrected chi connectivity index (χ1v) is 28.2. The molecule has 1 aliphatic rings. The molecule has 1 amide bonds. The Hall–Kier alpha value is -1.59. The van der Waals surface area contributed by atoms with E-state index in [9.17, 15) is 30.3 Å². The lowest BCUT2D eigenvalue weighted by molar-refractivity contribution is -0.302. The van der Waals surface area contributed by atoms with Gasteiger partial charge in [-0.1, -0.05) is 237 Å². The molecule has 0 aromatic carbocycles. The molecule has 1 saturated heterocycles. The van der Waals surface area contributed by atoms with Crippen molar-refractivity contribution in [3.63, 3.8) is 0 Å². The van der Waals surface area contributed by atoms with E-state index >= 15 is 0 Å². The Morgan fingerprint density at radius 3 is 1.27 bits per heavy atom. The zero-order chi connectivity index (χ0) is 48.0. The van der Waals surface area contributed by atoms with Crippen molar-refractivity contribution in [3.8, 4) is 0 Å². The van der Waals surface area contributed by atoms with Gasteiger partial charge in [-0.25, -0.2) is 0 Å². The normalized spacial score (nSPS) is 20.0. The van der Waals surface area contributed by atoms with E-state index in [4.69, 9.17) is 9.47 Å². The van der Waals surface area contributed by atoms with Gasteiger partial charge in [-0.05, 0) is 57.8 Å². The van der Waals surface area contributed by atoms with Crippen LogP contribution in [-0.2, 0) is 14.3 Å². The van der Waals surface area contributed by atoms with Crippen molar-refractivity contribution in [1.82, 2.24) is 5.32 Å². The molecule has 0 aromatic heterocycles. The number of hydrogen-bond donors (Lipinski definition) is 6. The van der Waals surface area contributed by atoms with Gasteiger partial charge in [-0.15, -0.1) is 0 Å². The van der Waals surface area contributed by atoms with Gasteiger partial charge in [-0.3, -0.25) is 4.79 Å². The molecule has 9 heteroatoms. The average Bonchev–Trinajstić information content (AvgIpc) is 3.32. The smallest absolute Gasteiger partial charge is 0.220 e. The van der Waals surface area contributed by atoms with E-state index in [-0.39, 0.29) is 12.5 Å². The van der Waals surface area contributed by atoms with Crippen LogP contribution in [0, 0.1) is 0 Å². The molecular formula is C57H107NO8. The second-order valence-corrected chi connectivity index (χ2v) is 19.7. The van der Waals surface area contributed by atoms with Crippen LogP contribution < -0.4 is 5.32 Å². The maximum atomic E-state index is 13.0. The predicted octanol–water partition coefficient (Wildman–Crippen LogP) is 13.6. The molecule has 1 rings (SSSR count). The van der Waals surface area contributed by atoms with Crippen molar-refractivity contribution < 1.29 is 39.8 Å². The van der Waals surface area contributed by atoms with E-state index < -0.39 is 49.5 Å². The Kier molecular flexibility index (Phi) is 44.6. The number of ether oxygens (including phenoxy) is 2. The summed E-state index contributed by atoms with van der Waals surface area (Å²) in [6, 6.07) is -0.826. The number of carbonyl (C=O) groups is 1. The molecule has 0 radical (unpaired) electrons. The molecule has 66 heavy (non-hydrogen) atoms. The van der Waals surface area contributed by atoms with E-state index in [1.54, 1.807) is 6.08 Å². The van der Waals surface area contributed by atoms with Crippen molar-refractivity contribution in [2.24, 2.45) is 0 Å². The average molecular weight is 934 g/mol. The first-order chi connectivity index (χ1) is 32.3. The quantitative estimate of drug-likeness (QED) is 0.0261. The van der Waals surface area contributed by atoms with Gasteiger partial charge in [0.05, 0.1) is 25.4 Å². The van der Waals surface area contributed by atoms with Crippen molar-refractivity contribution in [1.29, 1.82) is 0 Å². The highest BCUT2D eigenvalue weighted by Crippen LogP contribution is 2.23. The maximum Gasteiger partial charge on any atom is 0.220 e. The number of aliphatic hydroxyl groups excluding tert-OH is 5. The number of aliphatic hydroxyl groups is 5. The zero-order valence-electron chi connectivity index (χ0n) is 43.0. The Morgan fingerprint density at radius 2 is 0.864 bits per heavy atom. The molecule has 0 aromatic rings. The summed E-state index contributed by atoms with van der Waals surface area (Å²) in [6.07, 6.45) is 53.5. The fourth-order valence-electron chi connectivity index (χ4n) is 8.93. The molecule has 0 spiro atoms. The largest absolute Gasteiger partial charge is 0.394 e. The number of amides is 1. The first-order valence-electron chi connectivity index (χ1n) is 28.2. The molecule has 0 saturated carbocycles. The highest BCUT2D eigenvalue weighted by Gasteiger charge is 2.44. The predicted molar refractivity (Wildman–Crippen MR) is 276 cm³/mol. The van der Waals surface area contributed by atoms with E-state index in [0.29, 0.717) is 6.42 Å². The van der Waals surface area contributed by atoms with Gasteiger partial charge < -0.3 is 40.3 Å². The molecule has 7 unspecified atom stereocenters. The fraction of sp³-hybridized carbons (Fsp3) is 0.877. The summed E-state index contributed by atoms with van der Waals surface area (Å²) >= 11 is 0. The minimum atomic E-state index is -1.57. The Labute approximate surface area is 406 Å². The third kappa shape index (κ3) is 36.4. The van der Waals surface area contributed by atoms with Gasteiger partial charge in [0.15, 0.2) is 6.29 Å². The Bertz CT molecular complexity index is 1130. The van der Waals surface area contributed by atoms with Crippen LogP contribution in [0.4, 0.5) is 0 Å². The first kappa shape index (κ1) is 62.4. The van der Waals surface area contributed by atoms with Crippen molar-refractivity contribution >= 4 is 5.91 Å². The summed E-state index contributed by atoms with van der Waals surface area (Å²) in [7, 11) is 0. The topological polar surface area (TPSA) is 149 Å². The molecule has 6 N–H and O–H groups in total. The van der Waals surface area contributed by atoms with Crippen LogP contribution in [0.2, 0.25) is 0 Å². The molecule has 1 fully saturated rings. The molecule has 1 heterocycles. The third-order valence-corrected chi connectivity index (χ3v) is 13.4. The number of unbranched alkanes of at least 4 members (excludes halogenated alkanes) is 34. The van der Waals surface area contributed by atoms with Gasteiger partial charge in [0.1, 0.15) is 24.4 Å². The van der Waals surface area contributed by atoms with Gasteiger partial charge in [0.2, 0.25) is 5.91 Å². The second kappa shape index (κ2) is 47.1. The Morgan fingerprint density at radius 1 is 0.500 bits per heavy atom. The van der Waals surface area contributed by atoms with Crippen LogP contribution in [-0.4, -0.2) is 87.5 Å². The van der Waals surface area contributed by atoms with Crippen LogP contribution in [0.15, 0.2) is 36.5 Å². The molecule has 0 aliphatic carbocycles. The fourth-order valence-corrected chi connectivity index (χ4v) is 8.93. The summed E-state index contributed by atoms with van der Waals surface area (Å²) in [5, 5.41) is 54.4.